The van der Waals surface area contributed by atoms with Crippen LogP contribution in [0, 0.1) is 31.1 Å². The van der Waals surface area contributed by atoms with Crippen LogP contribution < -0.4 is 10.0 Å². The number of sulfonamides is 1. The average molecular weight is 424 g/mol. The second kappa shape index (κ2) is 7.65. The first-order valence-corrected chi connectivity index (χ1v) is 11.5. The van der Waals surface area contributed by atoms with E-state index in [1.165, 1.54) is 0 Å². The van der Waals surface area contributed by atoms with Crippen molar-refractivity contribution >= 4 is 32.4 Å². The zero-order valence-corrected chi connectivity index (χ0v) is 17.9. The standard InChI is InChI=1S/C22H25N5O2S/c1-14-4-3-5-18(12-14)30(28,29)27(17-8-6-16(13-23)7-9-17)20-11-10-19-21(15(20)2)22(24)26-25-19/h3-5,10-12,16-17H,6-9H2,1-2H3,(H3,24,25,26). The second-order valence-electron chi connectivity index (χ2n) is 7.99. The fourth-order valence-corrected chi connectivity index (χ4v) is 6.26. The fraction of sp³-hybridized carbons (Fsp3) is 0.364. The first kappa shape index (κ1) is 20.2. The number of anilines is 2. The van der Waals surface area contributed by atoms with E-state index in [2.05, 4.69) is 16.3 Å². The number of rotatable bonds is 4. The van der Waals surface area contributed by atoms with Crippen LogP contribution in [0.4, 0.5) is 11.5 Å². The molecule has 0 spiro atoms. The molecule has 0 aliphatic heterocycles. The molecule has 1 aliphatic carbocycles. The number of nitrogen functional groups attached to an aromatic ring is 1. The summed E-state index contributed by atoms with van der Waals surface area (Å²) >= 11 is 0. The van der Waals surface area contributed by atoms with Crippen LogP contribution in [0.15, 0.2) is 41.3 Å². The van der Waals surface area contributed by atoms with Gasteiger partial charge in [0.1, 0.15) is 0 Å². The summed E-state index contributed by atoms with van der Waals surface area (Å²) in [6.07, 6.45) is 2.66. The van der Waals surface area contributed by atoms with Gasteiger partial charge in [-0.05, 0) is 74.9 Å². The van der Waals surface area contributed by atoms with E-state index in [1.807, 2.05) is 32.0 Å². The molecule has 3 N–H and O–H groups in total. The summed E-state index contributed by atoms with van der Waals surface area (Å²) in [5.41, 5.74) is 9.10. The maximum Gasteiger partial charge on any atom is 0.264 e. The maximum atomic E-state index is 13.9. The highest BCUT2D eigenvalue weighted by Gasteiger charge is 2.36. The lowest BCUT2D eigenvalue weighted by Gasteiger charge is -2.37. The Labute approximate surface area is 176 Å². The van der Waals surface area contributed by atoms with Gasteiger partial charge in [-0.15, -0.1) is 0 Å². The van der Waals surface area contributed by atoms with Crippen molar-refractivity contribution in [2.75, 3.05) is 10.0 Å². The molecular weight excluding hydrogens is 398 g/mol. The molecule has 0 radical (unpaired) electrons. The van der Waals surface area contributed by atoms with Gasteiger partial charge in [0.2, 0.25) is 0 Å². The predicted octanol–water partition coefficient (Wildman–Crippen LogP) is 4.04. The number of hydrogen-bond donors (Lipinski definition) is 2. The maximum absolute atomic E-state index is 13.9. The van der Waals surface area contributed by atoms with Crippen molar-refractivity contribution < 1.29 is 8.42 Å². The van der Waals surface area contributed by atoms with Crippen molar-refractivity contribution in [2.24, 2.45) is 5.92 Å². The summed E-state index contributed by atoms with van der Waals surface area (Å²) in [6.45, 7) is 3.76. The predicted molar refractivity (Wildman–Crippen MR) is 117 cm³/mol. The Balaban J connectivity index is 1.88. The first-order chi connectivity index (χ1) is 14.3. The number of aromatic amines is 1. The molecule has 3 aromatic rings. The molecule has 0 bridgehead atoms. The summed E-state index contributed by atoms with van der Waals surface area (Å²) in [4.78, 5) is 0.268. The van der Waals surface area contributed by atoms with Crippen LogP contribution in [0.2, 0.25) is 0 Å². The van der Waals surface area contributed by atoms with E-state index in [1.54, 1.807) is 22.5 Å². The van der Waals surface area contributed by atoms with E-state index in [0.717, 1.165) is 22.0 Å². The van der Waals surface area contributed by atoms with E-state index in [9.17, 15) is 13.7 Å². The molecule has 0 unspecified atom stereocenters. The minimum atomic E-state index is -3.81. The molecule has 2 aromatic carbocycles. The third-order valence-corrected chi connectivity index (χ3v) is 7.85. The van der Waals surface area contributed by atoms with Crippen LogP contribution in [0.1, 0.15) is 36.8 Å². The Morgan fingerprint density at radius 2 is 1.90 bits per heavy atom. The topological polar surface area (TPSA) is 116 Å². The lowest BCUT2D eigenvalue weighted by Crippen LogP contribution is -2.43. The van der Waals surface area contributed by atoms with Gasteiger partial charge in [0, 0.05) is 17.3 Å². The van der Waals surface area contributed by atoms with E-state index in [4.69, 9.17) is 5.73 Å². The van der Waals surface area contributed by atoms with Crippen molar-refractivity contribution in [3.05, 3.63) is 47.5 Å². The van der Waals surface area contributed by atoms with Crippen LogP contribution in [-0.2, 0) is 10.0 Å². The molecule has 0 saturated heterocycles. The molecule has 1 aliphatic rings. The molecule has 1 heterocycles. The van der Waals surface area contributed by atoms with Crippen molar-refractivity contribution in [3.63, 3.8) is 0 Å². The van der Waals surface area contributed by atoms with Crippen LogP contribution in [0.5, 0.6) is 0 Å². The Hall–Kier alpha value is -3.05. The van der Waals surface area contributed by atoms with Crippen LogP contribution in [0.25, 0.3) is 10.9 Å². The number of aryl methyl sites for hydroxylation is 2. The summed E-state index contributed by atoms with van der Waals surface area (Å²) < 4.78 is 29.3. The van der Waals surface area contributed by atoms with E-state index in [0.29, 0.717) is 37.2 Å². The molecule has 156 valence electrons. The van der Waals surface area contributed by atoms with Crippen LogP contribution in [-0.4, -0.2) is 24.7 Å². The Kier molecular flexibility index (Phi) is 5.16. The number of benzene rings is 2. The van der Waals surface area contributed by atoms with Gasteiger partial charge in [-0.2, -0.15) is 10.4 Å². The largest absolute Gasteiger partial charge is 0.382 e. The van der Waals surface area contributed by atoms with Gasteiger partial charge < -0.3 is 5.73 Å². The van der Waals surface area contributed by atoms with Gasteiger partial charge in [-0.3, -0.25) is 9.40 Å². The zero-order valence-electron chi connectivity index (χ0n) is 17.1. The number of H-pyrrole nitrogens is 1. The van der Waals surface area contributed by atoms with E-state index < -0.39 is 10.0 Å². The van der Waals surface area contributed by atoms with Gasteiger partial charge in [0.25, 0.3) is 10.0 Å². The molecule has 4 rings (SSSR count). The van der Waals surface area contributed by atoms with Gasteiger partial charge in [-0.1, -0.05) is 12.1 Å². The van der Waals surface area contributed by atoms with E-state index in [-0.39, 0.29) is 16.9 Å². The first-order valence-electron chi connectivity index (χ1n) is 10.1. The summed E-state index contributed by atoms with van der Waals surface area (Å²) in [5, 5.41) is 17.0. The molecule has 1 saturated carbocycles. The summed E-state index contributed by atoms with van der Waals surface area (Å²) in [7, 11) is -3.81. The lowest BCUT2D eigenvalue weighted by atomic mass is 9.87. The quantitative estimate of drug-likeness (QED) is 0.657. The molecule has 1 aromatic heterocycles. The third-order valence-electron chi connectivity index (χ3n) is 5.98. The number of hydrogen-bond acceptors (Lipinski definition) is 5. The normalized spacial score (nSPS) is 19.5. The summed E-state index contributed by atoms with van der Waals surface area (Å²) in [6, 6.07) is 12.7. The highest BCUT2D eigenvalue weighted by molar-refractivity contribution is 7.92. The van der Waals surface area contributed by atoms with Crippen molar-refractivity contribution in [1.82, 2.24) is 10.2 Å². The van der Waals surface area contributed by atoms with Gasteiger partial charge in [0.05, 0.1) is 22.2 Å². The number of fused-ring (bicyclic) bond motifs is 1. The Bertz CT molecular complexity index is 1230. The minimum absolute atomic E-state index is 0.0159. The number of nitrogens with zero attached hydrogens (tertiary/aromatic N) is 3. The number of nitrogens with one attached hydrogen (secondary N) is 1. The van der Waals surface area contributed by atoms with E-state index >= 15 is 0 Å². The monoisotopic (exact) mass is 423 g/mol. The van der Waals surface area contributed by atoms with Gasteiger partial charge in [-0.25, -0.2) is 8.42 Å². The van der Waals surface area contributed by atoms with Gasteiger partial charge >= 0.3 is 0 Å². The smallest absolute Gasteiger partial charge is 0.264 e. The number of nitrogens with two attached hydrogens (primary N) is 1. The van der Waals surface area contributed by atoms with Crippen LogP contribution in [0.3, 0.4) is 0 Å². The fourth-order valence-electron chi connectivity index (χ4n) is 4.39. The molecule has 8 heteroatoms. The number of nitriles is 1. The van der Waals surface area contributed by atoms with Crippen molar-refractivity contribution in [1.29, 1.82) is 5.26 Å². The molecule has 0 atom stereocenters. The Morgan fingerprint density at radius 1 is 1.17 bits per heavy atom. The molecular formula is C22H25N5O2S. The second-order valence-corrected chi connectivity index (χ2v) is 9.81. The van der Waals surface area contributed by atoms with Crippen molar-refractivity contribution in [3.8, 4) is 6.07 Å². The highest BCUT2D eigenvalue weighted by Crippen LogP contribution is 2.39. The molecule has 30 heavy (non-hydrogen) atoms. The Morgan fingerprint density at radius 3 is 2.57 bits per heavy atom. The average Bonchev–Trinajstić information content (AvgIpc) is 3.12. The number of aromatic nitrogens is 2. The minimum Gasteiger partial charge on any atom is -0.382 e. The third kappa shape index (κ3) is 3.39. The zero-order chi connectivity index (χ0) is 21.5. The SMILES string of the molecule is Cc1cccc(S(=O)(=O)N(c2ccc3[nH]nc(N)c3c2C)C2CCC(C#N)CC2)c1. The lowest BCUT2D eigenvalue weighted by molar-refractivity contribution is 0.381. The highest BCUT2D eigenvalue weighted by atomic mass is 32.2. The van der Waals surface area contributed by atoms with Gasteiger partial charge in [0.15, 0.2) is 5.82 Å². The summed E-state index contributed by atoms with van der Waals surface area (Å²) in [5.74, 6) is 0.336. The molecule has 1 fully saturated rings. The van der Waals surface area contributed by atoms with Crippen molar-refractivity contribution in [2.45, 2.75) is 50.5 Å². The molecule has 7 nitrogen and oxygen atoms in total. The van der Waals surface area contributed by atoms with Crippen LogP contribution >= 0.6 is 0 Å². The molecule has 0 amide bonds.